The largest absolute Gasteiger partial charge is 0.373 e. The summed E-state index contributed by atoms with van der Waals surface area (Å²) < 4.78 is 0. The summed E-state index contributed by atoms with van der Waals surface area (Å²) in [6.45, 7) is 4.14. The Morgan fingerprint density at radius 2 is 1.92 bits per heavy atom. The quantitative estimate of drug-likeness (QED) is 0.711. The number of hydrogen-bond acceptors (Lipinski definition) is 4. The van der Waals surface area contributed by atoms with E-state index in [9.17, 15) is 0 Å². The highest BCUT2D eigenvalue weighted by Crippen LogP contribution is 2.08. The molecule has 0 radical (unpaired) electrons. The van der Waals surface area contributed by atoms with Crippen molar-refractivity contribution in [2.75, 3.05) is 17.7 Å². The van der Waals surface area contributed by atoms with E-state index in [2.05, 4.69) is 34.4 Å². The minimum atomic E-state index is 0.393. The molecule has 0 aliphatic rings. The molecule has 1 aromatic rings. The molecule has 0 aliphatic heterocycles. The van der Waals surface area contributed by atoms with E-state index in [4.69, 9.17) is 0 Å². The first-order chi connectivity index (χ1) is 5.72. The van der Waals surface area contributed by atoms with Crippen molar-refractivity contribution in [3.8, 4) is 0 Å². The summed E-state index contributed by atoms with van der Waals surface area (Å²) in [6, 6.07) is 2.27. The molecule has 12 heavy (non-hydrogen) atoms. The summed E-state index contributed by atoms with van der Waals surface area (Å²) >= 11 is 0. The van der Waals surface area contributed by atoms with E-state index in [0.29, 0.717) is 6.04 Å². The van der Waals surface area contributed by atoms with Gasteiger partial charge in [0.25, 0.3) is 0 Å². The Morgan fingerprint density at radius 1 is 1.25 bits per heavy atom. The van der Waals surface area contributed by atoms with Gasteiger partial charge in [-0.15, -0.1) is 0 Å². The lowest BCUT2D eigenvalue weighted by molar-refractivity contribution is 0.886. The molecule has 0 aromatic carbocycles. The van der Waals surface area contributed by atoms with Crippen LogP contribution in [0.5, 0.6) is 0 Å². The molecule has 0 bridgehead atoms. The van der Waals surface area contributed by atoms with Crippen LogP contribution in [0.15, 0.2) is 12.4 Å². The van der Waals surface area contributed by atoms with Gasteiger partial charge in [-0.2, -0.15) is 0 Å². The number of nitrogens with one attached hydrogen (secondary N) is 2. The third-order valence-electron chi connectivity index (χ3n) is 1.36. The van der Waals surface area contributed by atoms with Gasteiger partial charge in [0, 0.05) is 19.2 Å². The summed E-state index contributed by atoms with van der Waals surface area (Å²) in [5, 5.41) is 6.14. The predicted molar refractivity (Wildman–Crippen MR) is 50.3 cm³/mol. The van der Waals surface area contributed by atoms with Gasteiger partial charge in [0.15, 0.2) is 0 Å². The van der Waals surface area contributed by atoms with Crippen LogP contribution in [0, 0.1) is 0 Å². The lowest BCUT2D eigenvalue weighted by atomic mass is 10.4. The van der Waals surface area contributed by atoms with Gasteiger partial charge >= 0.3 is 0 Å². The van der Waals surface area contributed by atoms with E-state index in [1.807, 2.05) is 13.1 Å². The summed E-state index contributed by atoms with van der Waals surface area (Å²) in [4.78, 5) is 8.07. The molecular weight excluding hydrogens is 152 g/mol. The van der Waals surface area contributed by atoms with Crippen molar-refractivity contribution >= 4 is 11.6 Å². The van der Waals surface area contributed by atoms with E-state index in [1.54, 1.807) is 0 Å². The van der Waals surface area contributed by atoms with Crippen molar-refractivity contribution < 1.29 is 0 Å². The van der Waals surface area contributed by atoms with Crippen molar-refractivity contribution in [1.29, 1.82) is 0 Å². The SMILES string of the molecule is CNc1cc(NC(C)C)ncn1. The minimum absolute atomic E-state index is 0.393. The molecule has 0 amide bonds. The summed E-state index contributed by atoms with van der Waals surface area (Å²) in [7, 11) is 1.83. The molecule has 0 saturated carbocycles. The maximum absolute atomic E-state index is 4.07. The van der Waals surface area contributed by atoms with Crippen LogP contribution < -0.4 is 10.6 Å². The second-order valence-corrected chi connectivity index (χ2v) is 2.84. The lowest BCUT2D eigenvalue weighted by Gasteiger charge is -2.08. The number of nitrogens with zero attached hydrogens (tertiary/aromatic N) is 2. The van der Waals surface area contributed by atoms with Crippen molar-refractivity contribution in [2.24, 2.45) is 0 Å². The van der Waals surface area contributed by atoms with Crippen molar-refractivity contribution in [2.45, 2.75) is 19.9 Å². The fourth-order valence-corrected chi connectivity index (χ4v) is 0.869. The molecule has 0 atom stereocenters. The van der Waals surface area contributed by atoms with E-state index >= 15 is 0 Å². The summed E-state index contributed by atoms with van der Waals surface area (Å²) in [5.74, 6) is 1.68. The molecule has 0 saturated heterocycles. The normalized spacial score (nSPS) is 10.0. The molecule has 4 nitrogen and oxygen atoms in total. The highest BCUT2D eigenvalue weighted by Gasteiger charge is 1.97. The molecule has 0 spiro atoms. The minimum Gasteiger partial charge on any atom is -0.373 e. The topological polar surface area (TPSA) is 49.8 Å². The van der Waals surface area contributed by atoms with Crippen LogP contribution in [0.3, 0.4) is 0 Å². The predicted octanol–water partition coefficient (Wildman–Crippen LogP) is 1.34. The molecule has 1 heterocycles. The lowest BCUT2D eigenvalue weighted by Crippen LogP contribution is -2.11. The average Bonchev–Trinajstić information content (AvgIpc) is 2.03. The average molecular weight is 166 g/mol. The first kappa shape index (κ1) is 8.77. The molecule has 66 valence electrons. The standard InChI is InChI=1S/C8H14N4/c1-6(2)12-8-4-7(9-3)10-5-11-8/h4-6H,1-3H3,(H2,9,10,11,12). The molecule has 2 N–H and O–H groups in total. The van der Waals surface area contributed by atoms with Gasteiger partial charge in [-0.1, -0.05) is 0 Å². The monoisotopic (exact) mass is 166 g/mol. The molecular formula is C8H14N4. The van der Waals surface area contributed by atoms with Gasteiger partial charge in [0.05, 0.1) is 0 Å². The summed E-state index contributed by atoms with van der Waals surface area (Å²) in [6.07, 6.45) is 1.54. The second-order valence-electron chi connectivity index (χ2n) is 2.84. The molecule has 0 fully saturated rings. The first-order valence-electron chi connectivity index (χ1n) is 3.98. The van der Waals surface area contributed by atoms with Crippen LogP contribution in [0.2, 0.25) is 0 Å². The maximum atomic E-state index is 4.07. The molecule has 0 unspecified atom stereocenters. The zero-order chi connectivity index (χ0) is 8.97. The number of hydrogen-bond donors (Lipinski definition) is 2. The Bertz CT molecular complexity index is 247. The van der Waals surface area contributed by atoms with Crippen LogP contribution in [0.25, 0.3) is 0 Å². The zero-order valence-electron chi connectivity index (χ0n) is 7.63. The Kier molecular flexibility index (Phi) is 2.85. The Morgan fingerprint density at radius 3 is 2.50 bits per heavy atom. The molecule has 1 aromatic heterocycles. The van der Waals surface area contributed by atoms with Gasteiger partial charge in [0.2, 0.25) is 0 Å². The van der Waals surface area contributed by atoms with Gasteiger partial charge in [-0.05, 0) is 13.8 Å². The van der Waals surface area contributed by atoms with E-state index < -0.39 is 0 Å². The fraction of sp³-hybridized carbons (Fsp3) is 0.500. The Hall–Kier alpha value is -1.32. The van der Waals surface area contributed by atoms with Gasteiger partial charge in [0.1, 0.15) is 18.0 Å². The smallest absolute Gasteiger partial charge is 0.131 e. The van der Waals surface area contributed by atoms with Crippen molar-refractivity contribution in [3.63, 3.8) is 0 Å². The molecule has 0 aliphatic carbocycles. The van der Waals surface area contributed by atoms with Gasteiger partial charge < -0.3 is 10.6 Å². The third kappa shape index (κ3) is 2.38. The van der Waals surface area contributed by atoms with E-state index in [0.717, 1.165) is 11.6 Å². The van der Waals surface area contributed by atoms with E-state index in [-0.39, 0.29) is 0 Å². The third-order valence-corrected chi connectivity index (χ3v) is 1.36. The van der Waals surface area contributed by atoms with Gasteiger partial charge in [-0.25, -0.2) is 9.97 Å². The molecule has 1 rings (SSSR count). The van der Waals surface area contributed by atoms with E-state index in [1.165, 1.54) is 6.33 Å². The zero-order valence-corrected chi connectivity index (χ0v) is 7.63. The van der Waals surface area contributed by atoms with Crippen LogP contribution in [-0.2, 0) is 0 Å². The Labute approximate surface area is 72.4 Å². The van der Waals surface area contributed by atoms with Crippen LogP contribution >= 0.6 is 0 Å². The maximum Gasteiger partial charge on any atom is 0.131 e. The number of aromatic nitrogens is 2. The van der Waals surface area contributed by atoms with Crippen molar-refractivity contribution in [1.82, 2.24) is 9.97 Å². The highest BCUT2D eigenvalue weighted by molar-refractivity contribution is 5.46. The Balaban J connectivity index is 2.72. The highest BCUT2D eigenvalue weighted by atomic mass is 15.1. The first-order valence-corrected chi connectivity index (χ1v) is 3.98. The fourth-order valence-electron chi connectivity index (χ4n) is 0.869. The number of rotatable bonds is 3. The number of anilines is 2. The summed E-state index contributed by atoms with van der Waals surface area (Å²) in [5.41, 5.74) is 0. The van der Waals surface area contributed by atoms with Crippen LogP contribution in [-0.4, -0.2) is 23.1 Å². The second kappa shape index (κ2) is 3.90. The van der Waals surface area contributed by atoms with Crippen molar-refractivity contribution in [3.05, 3.63) is 12.4 Å². The van der Waals surface area contributed by atoms with Gasteiger partial charge in [-0.3, -0.25) is 0 Å². The molecule has 4 heteroatoms. The van der Waals surface area contributed by atoms with Crippen LogP contribution in [0.4, 0.5) is 11.6 Å². The van der Waals surface area contributed by atoms with Crippen LogP contribution in [0.1, 0.15) is 13.8 Å².